The molecule has 0 saturated carbocycles. The topological polar surface area (TPSA) is 100 Å². The summed E-state index contributed by atoms with van der Waals surface area (Å²) in [5.41, 5.74) is 0. The second kappa shape index (κ2) is 41.3. The van der Waals surface area contributed by atoms with E-state index >= 15 is 0 Å². The molecular formula is C37H74O10. The van der Waals surface area contributed by atoms with Gasteiger partial charge in [-0.1, -0.05) is 96.8 Å². The average Bonchev–Trinajstić information content (AvgIpc) is 3.06. The van der Waals surface area contributed by atoms with Gasteiger partial charge in [0.2, 0.25) is 0 Å². The number of hydrogen-bond donors (Lipinski definition) is 0. The van der Waals surface area contributed by atoms with Crippen LogP contribution in [0.5, 0.6) is 0 Å². The van der Waals surface area contributed by atoms with Gasteiger partial charge >= 0.3 is 5.97 Å². The van der Waals surface area contributed by atoms with Crippen LogP contribution in [0.25, 0.3) is 0 Å². The highest BCUT2D eigenvalue weighted by Crippen LogP contribution is 2.13. The molecule has 10 nitrogen and oxygen atoms in total. The van der Waals surface area contributed by atoms with Crippen molar-refractivity contribution < 1.29 is 47.4 Å². The Morgan fingerprint density at radius 2 is 0.660 bits per heavy atom. The Labute approximate surface area is 288 Å². The van der Waals surface area contributed by atoms with Crippen LogP contribution in [0.4, 0.5) is 0 Å². The molecule has 0 unspecified atom stereocenters. The van der Waals surface area contributed by atoms with Crippen LogP contribution in [0.1, 0.15) is 124 Å². The van der Waals surface area contributed by atoms with Gasteiger partial charge < -0.3 is 42.6 Å². The van der Waals surface area contributed by atoms with Crippen molar-refractivity contribution >= 4 is 5.97 Å². The van der Waals surface area contributed by atoms with Crippen molar-refractivity contribution in [3.8, 4) is 0 Å². The second-order valence-corrected chi connectivity index (χ2v) is 12.1. The fraction of sp³-hybridized carbons (Fsp3) is 0.973. The first-order chi connectivity index (χ1) is 23.2. The van der Waals surface area contributed by atoms with Gasteiger partial charge in [-0.3, -0.25) is 4.79 Å². The monoisotopic (exact) mass is 679 g/mol. The third-order valence-corrected chi connectivity index (χ3v) is 7.39. The Morgan fingerprint density at radius 1 is 0.383 bits per heavy atom. The molecule has 47 heavy (non-hydrogen) atoms. The molecule has 0 aromatic carbocycles. The highest BCUT2D eigenvalue weighted by Gasteiger charge is 2.03. The van der Waals surface area contributed by atoms with Gasteiger partial charge in [0.1, 0.15) is 6.61 Å². The molecule has 0 amide bonds. The number of ether oxygens (including phenoxy) is 9. The van der Waals surface area contributed by atoms with Crippen molar-refractivity contribution in [2.45, 2.75) is 130 Å². The Morgan fingerprint density at radius 3 is 0.979 bits per heavy atom. The molecule has 0 atom stereocenters. The van der Waals surface area contributed by atoms with E-state index in [1.807, 2.05) is 13.8 Å². The molecule has 0 N–H and O–H groups in total. The van der Waals surface area contributed by atoms with Crippen LogP contribution in [0.15, 0.2) is 0 Å². The van der Waals surface area contributed by atoms with Crippen LogP contribution >= 0.6 is 0 Å². The third kappa shape index (κ3) is 43.1. The van der Waals surface area contributed by atoms with Crippen LogP contribution in [-0.4, -0.2) is 118 Å². The Hall–Kier alpha value is -0.850. The minimum Gasteiger partial charge on any atom is -0.463 e. The first-order valence-electron chi connectivity index (χ1n) is 19.0. The molecule has 0 heterocycles. The minimum atomic E-state index is -0.126. The molecule has 0 aromatic heterocycles. The van der Waals surface area contributed by atoms with Crippen molar-refractivity contribution in [3.05, 3.63) is 0 Å². The molecule has 282 valence electrons. The molecule has 0 aliphatic heterocycles. The summed E-state index contributed by atoms with van der Waals surface area (Å²) in [6, 6.07) is 0. The number of unbranched alkanes of at least 4 members (excludes halogenated alkanes) is 14. The smallest absolute Gasteiger partial charge is 0.305 e. The van der Waals surface area contributed by atoms with E-state index < -0.39 is 0 Å². The van der Waals surface area contributed by atoms with Gasteiger partial charge in [0.25, 0.3) is 0 Å². The van der Waals surface area contributed by atoms with E-state index in [0.717, 1.165) is 12.8 Å². The molecule has 0 aromatic rings. The van der Waals surface area contributed by atoms with Crippen molar-refractivity contribution in [2.75, 3.05) is 106 Å². The SMILES string of the molecule is CCCCCCCCCCCCCCCCCC(=O)OCCOCCOCCOCCOCCOCCOCCOCCOC(C)C. The van der Waals surface area contributed by atoms with Gasteiger partial charge in [0, 0.05) is 6.42 Å². The summed E-state index contributed by atoms with van der Waals surface area (Å²) in [4.78, 5) is 11.9. The first kappa shape index (κ1) is 46.1. The lowest BCUT2D eigenvalue weighted by atomic mass is 10.0. The van der Waals surface area contributed by atoms with E-state index in [0.29, 0.717) is 112 Å². The predicted molar refractivity (Wildman–Crippen MR) is 187 cm³/mol. The number of esters is 1. The Bertz CT molecular complexity index is 593. The largest absolute Gasteiger partial charge is 0.463 e. The van der Waals surface area contributed by atoms with Crippen LogP contribution in [0.2, 0.25) is 0 Å². The average molecular weight is 679 g/mol. The van der Waals surface area contributed by atoms with E-state index in [2.05, 4.69) is 6.92 Å². The molecule has 0 spiro atoms. The van der Waals surface area contributed by atoms with Crippen LogP contribution < -0.4 is 0 Å². The van der Waals surface area contributed by atoms with Crippen LogP contribution in [0.3, 0.4) is 0 Å². The van der Waals surface area contributed by atoms with Gasteiger partial charge in [-0.15, -0.1) is 0 Å². The first-order valence-corrected chi connectivity index (χ1v) is 19.0. The quantitative estimate of drug-likeness (QED) is 0.0483. The summed E-state index contributed by atoms with van der Waals surface area (Å²) in [5.74, 6) is -0.126. The van der Waals surface area contributed by atoms with Crippen molar-refractivity contribution in [3.63, 3.8) is 0 Å². The number of rotatable bonds is 41. The summed E-state index contributed by atoms with van der Waals surface area (Å²) in [5, 5.41) is 0. The third-order valence-electron chi connectivity index (χ3n) is 7.39. The molecule has 10 heteroatoms. The molecule has 0 rings (SSSR count). The van der Waals surface area contributed by atoms with Gasteiger partial charge in [0.15, 0.2) is 0 Å². The van der Waals surface area contributed by atoms with Crippen LogP contribution in [-0.2, 0) is 47.4 Å². The Balaban J connectivity index is 3.14. The summed E-state index contributed by atoms with van der Waals surface area (Å²) >= 11 is 0. The summed E-state index contributed by atoms with van der Waals surface area (Å²) in [6.45, 7) is 14.3. The summed E-state index contributed by atoms with van der Waals surface area (Å²) < 4.78 is 48.9. The second-order valence-electron chi connectivity index (χ2n) is 12.1. The van der Waals surface area contributed by atoms with E-state index in [-0.39, 0.29) is 12.1 Å². The molecule has 0 saturated heterocycles. The normalized spacial score (nSPS) is 11.6. The summed E-state index contributed by atoms with van der Waals surface area (Å²) in [6.07, 6.45) is 20.5. The number of carbonyl (C=O) groups is 1. The standard InChI is InChI=1S/C37H74O10/c1-4-5-6-7-8-9-10-11-12-13-14-15-16-17-18-19-37(38)47-35-33-45-31-29-43-27-25-41-23-21-39-20-22-40-24-26-42-28-30-44-32-34-46-36(2)3/h36H,4-35H2,1-3H3. The number of hydrogen-bond acceptors (Lipinski definition) is 10. The van der Waals surface area contributed by atoms with Crippen molar-refractivity contribution in [2.24, 2.45) is 0 Å². The lowest BCUT2D eigenvalue weighted by molar-refractivity contribution is -0.145. The maximum Gasteiger partial charge on any atom is 0.305 e. The van der Waals surface area contributed by atoms with Crippen LogP contribution in [0, 0.1) is 0 Å². The van der Waals surface area contributed by atoms with Crippen molar-refractivity contribution in [1.29, 1.82) is 0 Å². The molecular weight excluding hydrogens is 604 g/mol. The molecule has 0 bridgehead atoms. The maximum atomic E-state index is 11.9. The molecule has 0 aliphatic rings. The lowest BCUT2D eigenvalue weighted by Gasteiger charge is -2.09. The highest BCUT2D eigenvalue weighted by molar-refractivity contribution is 5.69. The lowest BCUT2D eigenvalue weighted by Crippen LogP contribution is -2.15. The molecule has 0 aliphatic carbocycles. The van der Waals surface area contributed by atoms with E-state index in [1.54, 1.807) is 0 Å². The zero-order chi connectivity index (χ0) is 34.1. The Kier molecular flexibility index (Phi) is 40.6. The number of carbonyl (C=O) groups excluding carboxylic acids is 1. The summed E-state index contributed by atoms with van der Waals surface area (Å²) in [7, 11) is 0. The van der Waals surface area contributed by atoms with E-state index in [4.69, 9.17) is 42.6 Å². The minimum absolute atomic E-state index is 0.126. The predicted octanol–water partition coefficient (Wildman–Crippen LogP) is 7.33. The zero-order valence-electron chi connectivity index (χ0n) is 30.8. The van der Waals surface area contributed by atoms with Gasteiger partial charge in [-0.05, 0) is 20.3 Å². The fourth-order valence-corrected chi connectivity index (χ4v) is 4.69. The van der Waals surface area contributed by atoms with Crippen molar-refractivity contribution in [1.82, 2.24) is 0 Å². The molecule has 0 fully saturated rings. The zero-order valence-corrected chi connectivity index (χ0v) is 30.8. The van der Waals surface area contributed by atoms with Gasteiger partial charge in [-0.25, -0.2) is 0 Å². The fourth-order valence-electron chi connectivity index (χ4n) is 4.69. The maximum absolute atomic E-state index is 11.9. The van der Waals surface area contributed by atoms with Gasteiger partial charge in [-0.2, -0.15) is 0 Å². The van der Waals surface area contributed by atoms with E-state index in [9.17, 15) is 4.79 Å². The van der Waals surface area contributed by atoms with E-state index in [1.165, 1.54) is 83.5 Å². The van der Waals surface area contributed by atoms with Gasteiger partial charge in [0.05, 0.1) is 105 Å². The highest BCUT2D eigenvalue weighted by atomic mass is 16.6. The molecule has 0 radical (unpaired) electrons.